The molecule has 1 saturated carbocycles. The number of rotatable bonds is 2. The number of carbonyl (C=O) groups is 1. The van der Waals surface area contributed by atoms with Crippen molar-refractivity contribution in [2.24, 2.45) is 5.92 Å². The molecule has 86 valence electrons. The van der Waals surface area contributed by atoms with Gasteiger partial charge in [0.15, 0.2) is 0 Å². The van der Waals surface area contributed by atoms with Gasteiger partial charge in [-0.1, -0.05) is 55.4 Å². The van der Waals surface area contributed by atoms with E-state index in [4.69, 9.17) is 12.2 Å². The number of thioether (sulfide) groups is 1. The fourth-order valence-electron chi connectivity index (χ4n) is 2.06. The van der Waals surface area contributed by atoms with Crippen LogP contribution in [-0.4, -0.2) is 10.2 Å². The molecule has 0 spiro atoms. The Labute approximate surface area is 106 Å². The van der Waals surface area contributed by atoms with Gasteiger partial charge in [0.2, 0.25) is 0 Å². The van der Waals surface area contributed by atoms with Crippen molar-refractivity contribution >= 4 is 34.2 Å². The summed E-state index contributed by atoms with van der Waals surface area (Å²) in [7, 11) is 0. The second-order valence-electron chi connectivity index (χ2n) is 4.16. The van der Waals surface area contributed by atoms with E-state index >= 15 is 0 Å². The molecule has 2 nitrogen and oxygen atoms in total. The molecule has 1 aliphatic heterocycles. The largest absolute Gasteiger partial charge is 0.307 e. The predicted octanol–water partition coefficient (Wildman–Crippen LogP) is 3.15. The highest BCUT2D eigenvalue weighted by Gasteiger charge is 2.21. The molecule has 1 aliphatic carbocycles. The number of thiocarbonyl (C=S) groups is 1. The number of hydrogen-bond acceptors (Lipinski definition) is 3. The molecule has 2 rings (SSSR count). The van der Waals surface area contributed by atoms with E-state index < -0.39 is 0 Å². The standard InChI is InChI=1S/C12H15NOS2/c14-11-10(16-12(15)13-11)8-4-7-9-5-2-1-3-6-9/h4,7-9H,1-3,5-6H2,(H,13,14,15). The molecule has 0 aromatic heterocycles. The molecule has 1 saturated heterocycles. The summed E-state index contributed by atoms with van der Waals surface area (Å²) in [5, 5.41) is 2.61. The molecule has 1 heterocycles. The molecular formula is C12H15NOS2. The molecule has 1 amide bonds. The Morgan fingerprint density at radius 2 is 2.06 bits per heavy atom. The van der Waals surface area contributed by atoms with E-state index in [9.17, 15) is 4.79 Å². The molecule has 2 fully saturated rings. The van der Waals surface area contributed by atoms with Crippen LogP contribution in [0.3, 0.4) is 0 Å². The van der Waals surface area contributed by atoms with Gasteiger partial charge in [-0.2, -0.15) is 0 Å². The van der Waals surface area contributed by atoms with Crippen LogP contribution in [0.15, 0.2) is 23.1 Å². The van der Waals surface area contributed by atoms with E-state index in [1.165, 1.54) is 43.9 Å². The minimum atomic E-state index is -0.0664. The van der Waals surface area contributed by atoms with E-state index in [1.54, 1.807) is 0 Å². The highest BCUT2D eigenvalue weighted by molar-refractivity contribution is 8.26. The summed E-state index contributed by atoms with van der Waals surface area (Å²) in [5.41, 5.74) is 0. The average molecular weight is 253 g/mol. The Bertz CT molecular complexity index is 354. The summed E-state index contributed by atoms with van der Waals surface area (Å²) in [4.78, 5) is 12.1. The van der Waals surface area contributed by atoms with Gasteiger partial charge in [0, 0.05) is 0 Å². The number of hydrogen-bond donors (Lipinski definition) is 1. The summed E-state index contributed by atoms with van der Waals surface area (Å²) < 4.78 is 0.558. The Morgan fingerprint density at radius 1 is 1.31 bits per heavy atom. The molecule has 0 unspecified atom stereocenters. The van der Waals surface area contributed by atoms with Crippen LogP contribution in [0.4, 0.5) is 0 Å². The maximum absolute atomic E-state index is 11.3. The van der Waals surface area contributed by atoms with Crippen molar-refractivity contribution in [2.75, 3.05) is 0 Å². The van der Waals surface area contributed by atoms with Gasteiger partial charge < -0.3 is 5.32 Å². The summed E-state index contributed by atoms with van der Waals surface area (Å²) in [6.45, 7) is 0. The first-order valence-corrected chi connectivity index (χ1v) is 6.90. The first-order chi connectivity index (χ1) is 7.75. The zero-order valence-electron chi connectivity index (χ0n) is 9.07. The van der Waals surface area contributed by atoms with Crippen molar-refractivity contribution in [3.8, 4) is 0 Å². The Kier molecular flexibility index (Phi) is 4.18. The van der Waals surface area contributed by atoms with Crippen LogP contribution in [0.5, 0.6) is 0 Å². The van der Waals surface area contributed by atoms with Gasteiger partial charge in [-0.25, -0.2) is 0 Å². The normalized spacial score (nSPS) is 25.6. The molecule has 2 aliphatic rings. The molecule has 0 bridgehead atoms. The molecule has 1 N–H and O–H groups in total. The first kappa shape index (κ1) is 11.9. The van der Waals surface area contributed by atoms with Crippen molar-refractivity contribution in [2.45, 2.75) is 32.1 Å². The van der Waals surface area contributed by atoms with Crippen LogP contribution in [0, 0.1) is 5.92 Å². The topological polar surface area (TPSA) is 29.1 Å². The highest BCUT2D eigenvalue weighted by atomic mass is 32.2. The Balaban J connectivity index is 1.89. The third-order valence-electron chi connectivity index (χ3n) is 2.92. The first-order valence-electron chi connectivity index (χ1n) is 5.67. The number of allylic oxidation sites excluding steroid dienone is 3. The lowest BCUT2D eigenvalue weighted by atomic mass is 9.89. The van der Waals surface area contributed by atoms with Gasteiger partial charge in [0.05, 0.1) is 4.91 Å². The zero-order chi connectivity index (χ0) is 11.4. The maximum Gasteiger partial charge on any atom is 0.263 e. The van der Waals surface area contributed by atoms with Gasteiger partial charge in [0.1, 0.15) is 4.32 Å². The average Bonchev–Trinajstić information content (AvgIpc) is 2.59. The molecule has 0 atom stereocenters. The summed E-state index contributed by atoms with van der Waals surface area (Å²) in [6, 6.07) is 0. The second kappa shape index (κ2) is 5.64. The van der Waals surface area contributed by atoms with Gasteiger partial charge in [-0.3, -0.25) is 4.79 Å². The molecule has 16 heavy (non-hydrogen) atoms. The number of carbonyl (C=O) groups excluding carboxylic acids is 1. The van der Waals surface area contributed by atoms with Gasteiger partial charge in [-0.15, -0.1) is 0 Å². The van der Waals surface area contributed by atoms with Crippen LogP contribution >= 0.6 is 24.0 Å². The molecule has 0 aromatic rings. The quantitative estimate of drug-likeness (QED) is 0.605. The summed E-state index contributed by atoms with van der Waals surface area (Å²) >= 11 is 6.26. The third kappa shape index (κ3) is 3.19. The van der Waals surface area contributed by atoms with Gasteiger partial charge in [0.25, 0.3) is 5.91 Å². The third-order valence-corrected chi connectivity index (χ3v) is 4.10. The molecule has 0 radical (unpaired) electrons. The van der Waals surface area contributed by atoms with Gasteiger partial charge in [-0.05, 0) is 24.8 Å². The minimum absolute atomic E-state index is 0.0664. The van der Waals surface area contributed by atoms with Crippen LogP contribution in [0.25, 0.3) is 0 Å². The lowest BCUT2D eigenvalue weighted by Gasteiger charge is -2.17. The van der Waals surface area contributed by atoms with E-state index in [0.717, 1.165) is 0 Å². The molecule has 4 heteroatoms. The van der Waals surface area contributed by atoms with Crippen LogP contribution < -0.4 is 5.32 Å². The maximum atomic E-state index is 11.3. The van der Waals surface area contributed by atoms with Crippen LogP contribution in [0.1, 0.15) is 32.1 Å². The van der Waals surface area contributed by atoms with E-state index in [-0.39, 0.29) is 5.91 Å². The molecular weight excluding hydrogens is 238 g/mol. The van der Waals surface area contributed by atoms with Crippen LogP contribution in [0.2, 0.25) is 0 Å². The SMILES string of the molecule is O=C1NC(=S)SC1=CC=CC1CCCCC1. The van der Waals surface area contributed by atoms with Crippen molar-refractivity contribution < 1.29 is 4.79 Å². The Hall–Kier alpha value is -0.610. The summed E-state index contributed by atoms with van der Waals surface area (Å²) in [5.74, 6) is 0.635. The Morgan fingerprint density at radius 3 is 2.69 bits per heavy atom. The van der Waals surface area contributed by atoms with Crippen molar-refractivity contribution in [3.63, 3.8) is 0 Å². The van der Waals surface area contributed by atoms with E-state index in [1.807, 2.05) is 12.2 Å². The molecule has 0 aromatic carbocycles. The van der Waals surface area contributed by atoms with E-state index in [0.29, 0.717) is 15.1 Å². The van der Waals surface area contributed by atoms with Crippen molar-refractivity contribution in [3.05, 3.63) is 23.1 Å². The van der Waals surface area contributed by atoms with Gasteiger partial charge >= 0.3 is 0 Å². The number of nitrogens with one attached hydrogen (secondary N) is 1. The summed E-state index contributed by atoms with van der Waals surface area (Å²) in [6.07, 6.45) is 12.7. The monoisotopic (exact) mass is 253 g/mol. The van der Waals surface area contributed by atoms with Crippen molar-refractivity contribution in [1.29, 1.82) is 0 Å². The predicted molar refractivity (Wildman–Crippen MR) is 72.1 cm³/mol. The number of amides is 1. The zero-order valence-corrected chi connectivity index (χ0v) is 10.7. The smallest absolute Gasteiger partial charge is 0.263 e. The fraction of sp³-hybridized carbons (Fsp3) is 0.500. The minimum Gasteiger partial charge on any atom is -0.307 e. The van der Waals surface area contributed by atoms with Crippen molar-refractivity contribution in [1.82, 2.24) is 5.32 Å². The highest BCUT2D eigenvalue weighted by Crippen LogP contribution is 2.26. The van der Waals surface area contributed by atoms with Crippen LogP contribution in [-0.2, 0) is 4.79 Å². The van der Waals surface area contributed by atoms with E-state index in [2.05, 4.69) is 11.4 Å². The second-order valence-corrected chi connectivity index (χ2v) is 5.88. The lowest BCUT2D eigenvalue weighted by Crippen LogP contribution is -2.17. The lowest BCUT2D eigenvalue weighted by molar-refractivity contribution is -0.115. The fourth-order valence-corrected chi connectivity index (χ4v) is 3.06.